The first-order valence-electron chi connectivity index (χ1n) is 6.71. The number of aromatic amines is 1. The minimum atomic E-state index is -0.319. The van der Waals surface area contributed by atoms with Crippen LogP contribution in [0.15, 0.2) is 33.5 Å². The largest absolute Gasteiger partial charge is 0.493 e. The molecule has 1 heterocycles. The van der Waals surface area contributed by atoms with Gasteiger partial charge < -0.3 is 10.1 Å². The van der Waals surface area contributed by atoms with Crippen LogP contribution in [-0.4, -0.2) is 20.3 Å². The first-order chi connectivity index (χ1) is 10.0. The number of benzene rings is 1. The van der Waals surface area contributed by atoms with Gasteiger partial charge in [-0.25, -0.2) is 0 Å². The van der Waals surface area contributed by atoms with Crippen molar-refractivity contribution in [3.05, 3.63) is 44.9 Å². The molecular formula is C15H17BrN2O2S. The zero-order valence-electron chi connectivity index (χ0n) is 11.9. The van der Waals surface area contributed by atoms with E-state index in [0.29, 0.717) is 22.4 Å². The number of hydrogen-bond donors (Lipinski definition) is 2. The van der Waals surface area contributed by atoms with Crippen LogP contribution < -0.4 is 5.56 Å². The molecule has 0 saturated carbocycles. The van der Waals surface area contributed by atoms with Gasteiger partial charge in [0.2, 0.25) is 5.88 Å². The number of rotatable bonds is 5. The highest BCUT2D eigenvalue weighted by Crippen LogP contribution is 2.26. The molecule has 4 nitrogen and oxygen atoms in total. The van der Waals surface area contributed by atoms with Crippen molar-refractivity contribution in [3.63, 3.8) is 0 Å². The van der Waals surface area contributed by atoms with Crippen molar-refractivity contribution in [2.45, 2.75) is 31.3 Å². The number of aromatic hydroxyl groups is 1. The van der Waals surface area contributed by atoms with E-state index in [-0.39, 0.29) is 17.0 Å². The number of halogens is 1. The van der Waals surface area contributed by atoms with Crippen LogP contribution >= 0.6 is 27.7 Å². The summed E-state index contributed by atoms with van der Waals surface area (Å²) in [7, 11) is 0. The smallest absolute Gasteiger partial charge is 0.262 e. The molecule has 0 aliphatic carbocycles. The molecule has 0 amide bonds. The van der Waals surface area contributed by atoms with Gasteiger partial charge in [-0.2, -0.15) is 16.7 Å². The number of aromatic nitrogens is 2. The van der Waals surface area contributed by atoms with Gasteiger partial charge in [-0.05, 0) is 24.1 Å². The van der Waals surface area contributed by atoms with E-state index in [1.807, 2.05) is 12.1 Å². The molecule has 0 aliphatic heterocycles. The van der Waals surface area contributed by atoms with Gasteiger partial charge in [0.1, 0.15) is 11.4 Å². The number of hydrogen-bond acceptors (Lipinski definition) is 4. The Balaban J connectivity index is 2.32. The second-order valence-corrected chi connectivity index (χ2v) is 7.09. The predicted octanol–water partition coefficient (Wildman–Crippen LogP) is 3.94. The first-order valence-corrected chi connectivity index (χ1v) is 8.55. The molecule has 2 rings (SSSR count). The Morgan fingerprint density at radius 1 is 1.48 bits per heavy atom. The molecule has 1 unspecified atom stereocenters. The fraction of sp³-hybridized carbons (Fsp3) is 0.333. The zero-order valence-corrected chi connectivity index (χ0v) is 14.3. The summed E-state index contributed by atoms with van der Waals surface area (Å²) in [5, 5.41) is 10.6. The molecule has 0 saturated heterocycles. The third kappa shape index (κ3) is 4.11. The number of H-pyrrole nitrogens is 1. The molecular weight excluding hydrogens is 352 g/mol. The van der Waals surface area contributed by atoms with Crippen molar-refractivity contribution in [2.75, 3.05) is 0 Å². The molecule has 2 aromatic rings. The lowest BCUT2D eigenvalue weighted by atomic mass is 10.1. The predicted molar refractivity (Wildman–Crippen MR) is 90.7 cm³/mol. The van der Waals surface area contributed by atoms with Crippen LogP contribution in [0.5, 0.6) is 5.88 Å². The summed E-state index contributed by atoms with van der Waals surface area (Å²) in [4.78, 5) is 19.1. The molecule has 2 N–H and O–H groups in total. The van der Waals surface area contributed by atoms with E-state index in [1.165, 1.54) is 0 Å². The topological polar surface area (TPSA) is 66.0 Å². The molecule has 112 valence electrons. The van der Waals surface area contributed by atoms with Gasteiger partial charge in [-0.3, -0.25) is 4.79 Å². The molecule has 0 spiro atoms. The maximum atomic E-state index is 12.2. The third-order valence-electron chi connectivity index (χ3n) is 3.14. The van der Waals surface area contributed by atoms with Crippen LogP contribution in [-0.2, 0) is 5.75 Å². The molecule has 0 radical (unpaired) electrons. The quantitative estimate of drug-likeness (QED) is 0.838. The summed E-state index contributed by atoms with van der Waals surface area (Å²) >= 11 is 5.05. The van der Waals surface area contributed by atoms with E-state index in [1.54, 1.807) is 23.9 Å². The highest BCUT2D eigenvalue weighted by molar-refractivity contribution is 9.10. The highest BCUT2D eigenvalue weighted by Gasteiger charge is 2.13. The van der Waals surface area contributed by atoms with E-state index >= 15 is 0 Å². The van der Waals surface area contributed by atoms with Crippen LogP contribution in [0.1, 0.15) is 26.1 Å². The van der Waals surface area contributed by atoms with E-state index in [4.69, 9.17) is 0 Å². The molecule has 6 heteroatoms. The van der Waals surface area contributed by atoms with Gasteiger partial charge in [0.25, 0.3) is 5.56 Å². The second-order valence-electron chi connectivity index (χ2n) is 4.75. The number of nitrogens with zero attached hydrogens (tertiary/aromatic N) is 1. The van der Waals surface area contributed by atoms with Crippen molar-refractivity contribution >= 4 is 27.7 Å². The van der Waals surface area contributed by atoms with Crippen molar-refractivity contribution in [2.24, 2.45) is 0 Å². The standard InChI is InChI=1S/C15H17BrN2O2S/c1-3-9(2)21-8-12-17-14(19)13(15(20)18-12)10-5-4-6-11(16)7-10/h4-7,9H,3,8H2,1-2H3,(H2,17,18,19,20). The summed E-state index contributed by atoms with van der Waals surface area (Å²) in [6.45, 7) is 4.24. The summed E-state index contributed by atoms with van der Waals surface area (Å²) < 4.78 is 0.843. The lowest BCUT2D eigenvalue weighted by Crippen LogP contribution is -2.14. The van der Waals surface area contributed by atoms with Crippen molar-refractivity contribution < 1.29 is 5.11 Å². The van der Waals surface area contributed by atoms with Gasteiger partial charge in [0.15, 0.2) is 0 Å². The Kier molecular flexibility index (Phi) is 5.47. The molecule has 1 atom stereocenters. The van der Waals surface area contributed by atoms with Crippen LogP contribution in [0, 0.1) is 0 Å². The lowest BCUT2D eigenvalue weighted by molar-refractivity contribution is 0.451. The molecule has 1 aromatic carbocycles. The maximum absolute atomic E-state index is 12.2. The number of nitrogens with one attached hydrogen (secondary N) is 1. The minimum Gasteiger partial charge on any atom is -0.493 e. The molecule has 0 aliphatic rings. The van der Waals surface area contributed by atoms with Crippen molar-refractivity contribution in [3.8, 4) is 17.0 Å². The number of thioether (sulfide) groups is 1. The van der Waals surface area contributed by atoms with Crippen molar-refractivity contribution in [1.29, 1.82) is 0 Å². The zero-order chi connectivity index (χ0) is 15.4. The molecule has 0 fully saturated rings. The SMILES string of the molecule is CCC(C)SCc1nc(O)c(-c2cccc(Br)c2)c(=O)[nH]1. The van der Waals surface area contributed by atoms with Crippen LogP contribution in [0.3, 0.4) is 0 Å². The van der Waals surface area contributed by atoms with E-state index < -0.39 is 0 Å². The highest BCUT2D eigenvalue weighted by atomic mass is 79.9. The second kappa shape index (κ2) is 7.13. The summed E-state index contributed by atoms with van der Waals surface area (Å²) in [5.74, 6) is 0.856. The lowest BCUT2D eigenvalue weighted by Gasteiger charge is -2.09. The normalized spacial score (nSPS) is 12.3. The van der Waals surface area contributed by atoms with Gasteiger partial charge >= 0.3 is 0 Å². The molecule has 0 bridgehead atoms. The Hall–Kier alpha value is -1.27. The van der Waals surface area contributed by atoms with E-state index in [0.717, 1.165) is 10.9 Å². The minimum absolute atomic E-state index is 0.202. The summed E-state index contributed by atoms with van der Waals surface area (Å²) in [6, 6.07) is 7.22. The Morgan fingerprint density at radius 3 is 2.86 bits per heavy atom. The average Bonchev–Trinajstić information content (AvgIpc) is 2.44. The Morgan fingerprint density at radius 2 is 2.24 bits per heavy atom. The van der Waals surface area contributed by atoms with Crippen LogP contribution in [0.25, 0.3) is 11.1 Å². The Bertz CT molecular complexity index is 688. The fourth-order valence-electron chi connectivity index (χ4n) is 1.82. The third-order valence-corrected chi connectivity index (χ3v) is 4.98. The van der Waals surface area contributed by atoms with E-state index in [2.05, 4.69) is 39.7 Å². The summed E-state index contributed by atoms with van der Waals surface area (Å²) in [5.41, 5.74) is 0.519. The molecule has 21 heavy (non-hydrogen) atoms. The monoisotopic (exact) mass is 368 g/mol. The van der Waals surface area contributed by atoms with E-state index in [9.17, 15) is 9.90 Å². The van der Waals surface area contributed by atoms with Gasteiger partial charge in [-0.15, -0.1) is 0 Å². The average molecular weight is 369 g/mol. The van der Waals surface area contributed by atoms with Gasteiger partial charge in [-0.1, -0.05) is 41.9 Å². The maximum Gasteiger partial charge on any atom is 0.262 e. The fourth-order valence-corrected chi connectivity index (χ4v) is 3.03. The van der Waals surface area contributed by atoms with Gasteiger partial charge in [0.05, 0.1) is 5.75 Å². The van der Waals surface area contributed by atoms with Crippen molar-refractivity contribution in [1.82, 2.24) is 9.97 Å². The van der Waals surface area contributed by atoms with Gasteiger partial charge in [0, 0.05) is 9.72 Å². The Labute approximate surface area is 136 Å². The molecule has 1 aromatic heterocycles. The first kappa shape index (κ1) is 16.1. The van der Waals surface area contributed by atoms with Crippen LogP contribution in [0.2, 0.25) is 0 Å². The summed E-state index contributed by atoms with van der Waals surface area (Å²) in [6.07, 6.45) is 1.05. The van der Waals surface area contributed by atoms with Crippen LogP contribution in [0.4, 0.5) is 0 Å².